The minimum atomic E-state index is -0.0563. The summed E-state index contributed by atoms with van der Waals surface area (Å²) < 4.78 is 0. The Bertz CT molecular complexity index is 325. The molecule has 0 saturated carbocycles. The smallest absolute Gasteiger partial charge is 0.220 e. The third kappa shape index (κ3) is 1.75. The molecule has 0 aliphatic carbocycles. The highest BCUT2D eigenvalue weighted by Crippen LogP contribution is 2.21. The first kappa shape index (κ1) is 9.15. The molecule has 1 saturated heterocycles. The first-order valence-electron chi connectivity index (χ1n) is 4.72. The van der Waals surface area contributed by atoms with Gasteiger partial charge in [0.25, 0.3) is 0 Å². The van der Waals surface area contributed by atoms with Crippen LogP contribution in [0.25, 0.3) is 0 Å². The number of hydrogen-bond acceptors (Lipinski definition) is 3. The van der Waals surface area contributed by atoms with Gasteiger partial charge in [-0.1, -0.05) is 0 Å². The van der Waals surface area contributed by atoms with Crippen molar-refractivity contribution in [3.63, 3.8) is 0 Å². The molecule has 0 bridgehead atoms. The highest BCUT2D eigenvalue weighted by Gasteiger charge is 2.26. The largest absolute Gasteiger partial charge is 0.348 e. The van der Waals surface area contributed by atoms with Gasteiger partial charge in [0, 0.05) is 24.9 Å². The Morgan fingerprint density at radius 1 is 1.43 bits per heavy atom. The third-order valence-corrected chi connectivity index (χ3v) is 2.51. The molecule has 1 aromatic rings. The number of piperidine rings is 1. The van der Waals surface area contributed by atoms with Crippen molar-refractivity contribution in [2.45, 2.75) is 24.9 Å². The number of carbonyl (C=O) groups is 1. The molecule has 4 nitrogen and oxygen atoms in total. The summed E-state index contributed by atoms with van der Waals surface area (Å²) in [6.07, 6.45) is 4.70. The molecule has 1 aromatic heterocycles. The van der Waals surface area contributed by atoms with E-state index in [1.165, 1.54) is 0 Å². The van der Waals surface area contributed by atoms with Crippen LogP contribution in [-0.4, -0.2) is 16.9 Å². The summed E-state index contributed by atoms with van der Waals surface area (Å²) in [6.45, 7) is 0. The fraction of sp³-hybridized carbons (Fsp3) is 0.400. The lowest BCUT2D eigenvalue weighted by Gasteiger charge is -2.29. The molecule has 0 aromatic carbocycles. The van der Waals surface area contributed by atoms with Crippen molar-refractivity contribution in [2.75, 3.05) is 0 Å². The summed E-state index contributed by atoms with van der Waals surface area (Å²) in [4.78, 5) is 15.1. The Kier molecular flexibility index (Phi) is 2.45. The van der Waals surface area contributed by atoms with E-state index in [1.807, 2.05) is 12.1 Å². The maximum atomic E-state index is 11.2. The summed E-state index contributed by atoms with van der Waals surface area (Å²) >= 11 is 0. The Balaban J connectivity index is 2.20. The van der Waals surface area contributed by atoms with Gasteiger partial charge in [0.05, 0.1) is 6.04 Å². The Morgan fingerprint density at radius 3 is 2.86 bits per heavy atom. The van der Waals surface area contributed by atoms with Crippen LogP contribution in [0.1, 0.15) is 24.4 Å². The number of aromatic nitrogens is 1. The SMILES string of the molecule is N[C@@H]1CCC(=O)N[C@@H]1c1ccncc1. The zero-order valence-electron chi connectivity index (χ0n) is 7.81. The van der Waals surface area contributed by atoms with Gasteiger partial charge in [-0.05, 0) is 24.1 Å². The summed E-state index contributed by atoms with van der Waals surface area (Å²) in [6, 6.07) is 3.72. The highest BCUT2D eigenvalue weighted by molar-refractivity contribution is 5.77. The summed E-state index contributed by atoms with van der Waals surface area (Å²) in [5.41, 5.74) is 6.97. The maximum absolute atomic E-state index is 11.2. The normalized spacial score (nSPS) is 27.1. The molecule has 1 aliphatic rings. The second-order valence-corrected chi connectivity index (χ2v) is 3.53. The van der Waals surface area contributed by atoms with E-state index in [0.29, 0.717) is 6.42 Å². The monoisotopic (exact) mass is 191 g/mol. The lowest BCUT2D eigenvalue weighted by molar-refractivity contribution is -0.123. The van der Waals surface area contributed by atoms with Crippen LogP contribution in [0.2, 0.25) is 0 Å². The van der Waals surface area contributed by atoms with E-state index in [4.69, 9.17) is 5.73 Å². The number of nitrogens with one attached hydrogen (secondary N) is 1. The Hall–Kier alpha value is -1.42. The van der Waals surface area contributed by atoms with Gasteiger partial charge >= 0.3 is 0 Å². The number of nitrogens with two attached hydrogens (primary N) is 1. The molecule has 1 aliphatic heterocycles. The molecule has 1 fully saturated rings. The van der Waals surface area contributed by atoms with E-state index >= 15 is 0 Å². The van der Waals surface area contributed by atoms with E-state index in [9.17, 15) is 4.79 Å². The third-order valence-electron chi connectivity index (χ3n) is 2.51. The van der Waals surface area contributed by atoms with Crippen LogP contribution in [0.4, 0.5) is 0 Å². The molecule has 0 radical (unpaired) electrons. The van der Waals surface area contributed by atoms with Crippen LogP contribution in [0, 0.1) is 0 Å². The predicted molar refractivity (Wildman–Crippen MR) is 52.3 cm³/mol. The van der Waals surface area contributed by atoms with Crippen LogP contribution in [-0.2, 0) is 4.79 Å². The summed E-state index contributed by atoms with van der Waals surface area (Å²) in [5, 5.41) is 2.89. The van der Waals surface area contributed by atoms with Crippen molar-refractivity contribution in [3.8, 4) is 0 Å². The quantitative estimate of drug-likeness (QED) is 0.673. The van der Waals surface area contributed by atoms with Crippen molar-refractivity contribution in [3.05, 3.63) is 30.1 Å². The van der Waals surface area contributed by atoms with E-state index < -0.39 is 0 Å². The molecule has 14 heavy (non-hydrogen) atoms. The maximum Gasteiger partial charge on any atom is 0.220 e. The molecule has 3 N–H and O–H groups in total. The lowest BCUT2D eigenvalue weighted by Crippen LogP contribution is -2.45. The first-order valence-corrected chi connectivity index (χ1v) is 4.72. The predicted octanol–water partition coefficient (Wildman–Crippen LogP) is 0.360. The molecule has 2 atom stereocenters. The molecule has 2 rings (SSSR count). The standard InChI is InChI=1S/C10H13N3O/c11-8-1-2-9(14)13-10(8)7-3-5-12-6-4-7/h3-6,8,10H,1-2,11H2,(H,13,14)/t8-,10-/m1/s1. The van der Waals surface area contributed by atoms with E-state index in [1.54, 1.807) is 12.4 Å². The van der Waals surface area contributed by atoms with Gasteiger partial charge in [-0.3, -0.25) is 9.78 Å². The van der Waals surface area contributed by atoms with Crippen molar-refractivity contribution in [1.82, 2.24) is 10.3 Å². The fourth-order valence-corrected chi connectivity index (χ4v) is 1.72. The highest BCUT2D eigenvalue weighted by atomic mass is 16.1. The van der Waals surface area contributed by atoms with E-state index in [2.05, 4.69) is 10.3 Å². The first-order chi connectivity index (χ1) is 6.77. The summed E-state index contributed by atoms with van der Waals surface area (Å²) in [7, 11) is 0. The van der Waals surface area contributed by atoms with Gasteiger partial charge in [0.2, 0.25) is 5.91 Å². The minimum Gasteiger partial charge on any atom is -0.348 e. The average Bonchev–Trinajstić information content (AvgIpc) is 2.23. The Labute approximate surface area is 82.5 Å². The lowest BCUT2D eigenvalue weighted by atomic mass is 9.93. The van der Waals surface area contributed by atoms with Crippen molar-refractivity contribution < 1.29 is 4.79 Å². The van der Waals surface area contributed by atoms with Gasteiger partial charge in [-0.15, -0.1) is 0 Å². The molecule has 4 heteroatoms. The average molecular weight is 191 g/mol. The van der Waals surface area contributed by atoms with Crippen molar-refractivity contribution in [1.29, 1.82) is 0 Å². The number of amides is 1. The number of rotatable bonds is 1. The van der Waals surface area contributed by atoms with Gasteiger partial charge in [0.1, 0.15) is 0 Å². The number of nitrogens with zero attached hydrogens (tertiary/aromatic N) is 1. The summed E-state index contributed by atoms with van der Waals surface area (Å²) in [5.74, 6) is 0.0773. The van der Waals surface area contributed by atoms with Gasteiger partial charge < -0.3 is 11.1 Å². The van der Waals surface area contributed by atoms with Crippen LogP contribution in [0.3, 0.4) is 0 Å². The zero-order chi connectivity index (χ0) is 9.97. The number of carbonyl (C=O) groups excluding carboxylic acids is 1. The van der Waals surface area contributed by atoms with Crippen molar-refractivity contribution >= 4 is 5.91 Å². The molecular formula is C10H13N3O. The molecule has 0 spiro atoms. The van der Waals surface area contributed by atoms with E-state index in [-0.39, 0.29) is 18.0 Å². The molecule has 2 heterocycles. The van der Waals surface area contributed by atoms with Crippen LogP contribution >= 0.6 is 0 Å². The van der Waals surface area contributed by atoms with Gasteiger partial charge in [0.15, 0.2) is 0 Å². The zero-order valence-corrected chi connectivity index (χ0v) is 7.81. The Morgan fingerprint density at radius 2 is 2.14 bits per heavy atom. The number of hydrogen-bond donors (Lipinski definition) is 2. The van der Waals surface area contributed by atoms with Gasteiger partial charge in [-0.2, -0.15) is 0 Å². The van der Waals surface area contributed by atoms with Crippen LogP contribution in [0.5, 0.6) is 0 Å². The van der Waals surface area contributed by atoms with Crippen molar-refractivity contribution in [2.24, 2.45) is 5.73 Å². The molecule has 0 unspecified atom stereocenters. The topological polar surface area (TPSA) is 68.0 Å². The molecule has 74 valence electrons. The fourth-order valence-electron chi connectivity index (χ4n) is 1.72. The minimum absolute atomic E-state index is 0.00935. The molecular weight excluding hydrogens is 178 g/mol. The van der Waals surface area contributed by atoms with Crippen LogP contribution in [0.15, 0.2) is 24.5 Å². The van der Waals surface area contributed by atoms with Gasteiger partial charge in [-0.25, -0.2) is 0 Å². The van der Waals surface area contributed by atoms with Crippen LogP contribution < -0.4 is 11.1 Å². The second-order valence-electron chi connectivity index (χ2n) is 3.53. The molecule has 1 amide bonds. The van der Waals surface area contributed by atoms with E-state index in [0.717, 1.165) is 12.0 Å². The number of pyridine rings is 1. The second kappa shape index (κ2) is 3.75.